The van der Waals surface area contributed by atoms with E-state index in [4.69, 9.17) is 11.5 Å². The number of rotatable bonds is 7. The Balaban J connectivity index is 3.52. The Morgan fingerprint density at radius 2 is 1.25 bits per heavy atom. The predicted molar refractivity (Wildman–Crippen MR) is 54.8 cm³/mol. The van der Waals surface area contributed by atoms with Crippen molar-refractivity contribution in [3.8, 4) is 0 Å². The number of nitrogens with two attached hydrogens (primary N) is 2. The molecule has 0 unspecified atom stereocenters. The van der Waals surface area contributed by atoms with Crippen molar-refractivity contribution in [1.82, 2.24) is 0 Å². The first-order valence-electron chi connectivity index (χ1n) is 4.45. The quantitative estimate of drug-likeness (QED) is 0.567. The molecule has 0 bridgehead atoms. The highest BCUT2D eigenvalue weighted by Gasteiger charge is 2.10. The molecule has 0 fully saturated rings. The summed E-state index contributed by atoms with van der Waals surface area (Å²) in [5.74, 6) is 0. The van der Waals surface area contributed by atoms with E-state index in [2.05, 4.69) is 13.2 Å². The summed E-state index contributed by atoms with van der Waals surface area (Å²) < 4.78 is 0. The van der Waals surface area contributed by atoms with Crippen LogP contribution in [-0.2, 0) is 0 Å². The summed E-state index contributed by atoms with van der Waals surface area (Å²) >= 11 is 0. The molecule has 0 amide bonds. The second kappa shape index (κ2) is 7.07. The maximum Gasteiger partial charge on any atom is 0.0195 e. The summed E-state index contributed by atoms with van der Waals surface area (Å²) in [6.45, 7) is 7.28. The Hall–Kier alpha value is -0.600. The summed E-state index contributed by atoms with van der Waals surface area (Å²) in [6.07, 6.45) is 7.51. The molecule has 2 heteroatoms. The molecule has 0 saturated carbocycles. The van der Waals surface area contributed by atoms with E-state index in [-0.39, 0.29) is 12.1 Å². The number of hydrogen-bond donors (Lipinski definition) is 2. The molecule has 0 aromatic carbocycles. The van der Waals surface area contributed by atoms with Crippen molar-refractivity contribution in [3.63, 3.8) is 0 Å². The fourth-order valence-electron chi connectivity index (χ4n) is 1.05. The van der Waals surface area contributed by atoms with Gasteiger partial charge >= 0.3 is 0 Å². The molecule has 0 aromatic rings. The summed E-state index contributed by atoms with van der Waals surface area (Å²) in [6, 6.07) is 0.200. The lowest BCUT2D eigenvalue weighted by Crippen LogP contribution is -2.41. The van der Waals surface area contributed by atoms with Crippen molar-refractivity contribution in [3.05, 3.63) is 25.3 Å². The van der Waals surface area contributed by atoms with Gasteiger partial charge in [-0.15, -0.1) is 13.2 Å². The molecule has 4 N–H and O–H groups in total. The highest BCUT2D eigenvalue weighted by molar-refractivity contribution is 4.81. The molecule has 0 heterocycles. The van der Waals surface area contributed by atoms with Crippen LogP contribution >= 0.6 is 0 Å². The Bertz CT molecular complexity index is 116. The molecule has 70 valence electrons. The van der Waals surface area contributed by atoms with Crippen LogP contribution in [0.4, 0.5) is 0 Å². The zero-order valence-electron chi connectivity index (χ0n) is 7.71. The van der Waals surface area contributed by atoms with Crippen molar-refractivity contribution in [2.45, 2.75) is 37.8 Å². The van der Waals surface area contributed by atoms with Crippen LogP contribution in [0.3, 0.4) is 0 Å². The summed E-state index contributed by atoms with van der Waals surface area (Å²) in [5, 5.41) is 0. The molecular formula is C10H20N2. The molecule has 0 saturated heterocycles. The minimum absolute atomic E-state index is 0.1000. The van der Waals surface area contributed by atoms with Gasteiger partial charge in [-0.2, -0.15) is 0 Å². The van der Waals surface area contributed by atoms with Gasteiger partial charge < -0.3 is 11.5 Å². The lowest BCUT2D eigenvalue weighted by molar-refractivity contribution is 0.475. The van der Waals surface area contributed by atoms with Gasteiger partial charge in [0, 0.05) is 12.1 Å². The monoisotopic (exact) mass is 168 g/mol. The molecule has 0 spiro atoms. The molecule has 0 aliphatic rings. The molecule has 2 atom stereocenters. The summed E-state index contributed by atoms with van der Waals surface area (Å²) in [4.78, 5) is 0. The van der Waals surface area contributed by atoms with Crippen LogP contribution in [0.1, 0.15) is 25.7 Å². The minimum Gasteiger partial charge on any atom is -0.326 e. The third-order valence-corrected chi connectivity index (χ3v) is 1.96. The molecule has 0 rings (SSSR count). The van der Waals surface area contributed by atoms with Crippen LogP contribution in [0.5, 0.6) is 0 Å². The molecule has 12 heavy (non-hydrogen) atoms. The van der Waals surface area contributed by atoms with Crippen LogP contribution in [0, 0.1) is 0 Å². The molecular weight excluding hydrogens is 148 g/mol. The lowest BCUT2D eigenvalue weighted by atomic mass is 10.0. The Morgan fingerprint density at radius 1 is 0.917 bits per heavy atom. The van der Waals surface area contributed by atoms with Gasteiger partial charge in [-0.25, -0.2) is 0 Å². The second-order valence-electron chi connectivity index (χ2n) is 3.06. The molecule has 2 nitrogen and oxygen atoms in total. The average molecular weight is 168 g/mol. The maximum absolute atomic E-state index is 5.84. The van der Waals surface area contributed by atoms with E-state index in [1.165, 1.54) is 0 Å². The number of hydrogen-bond acceptors (Lipinski definition) is 2. The van der Waals surface area contributed by atoms with E-state index in [9.17, 15) is 0 Å². The molecule has 0 aliphatic carbocycles. The van der Waals surface area contributed by atoms with Crippen LogP contribution < -0.4 is 11.5 Å². The third-order valence-electron chi connectivity index (χ3n) is 1.96. The van der Waals surface area contributed by atoms with E-state index < -0.39 is 0 Å². The van der Waals surface area contributed by atoms with Crippen LogP contribution in [-0.4, -0.2) is 12.1 Å². The lowest BCUT2D eigenvalue weighted by Gasteiger charge is -2.18. The van der Waals surface area contributed by atoms with Gasteiger partial charge in [-0.1, -0.05) is 12.2 Å². The van der Waals surface area contributed by atoms with Gasteiger partial charge in [0.25, 0.3) is 0 Å². The average Bonchev–Trinajstić information content (AvgIpc) is 2.10. The van der Waals surface area contributed by atoms with Crippen molar-refractivity contribution in [1.29, 1.82) is 0 Å². The van der Waals surface area contributed by atoms with E-state index in [1.54, 1.807) is 0 Å². The summed E-state index contributed by atoms with van der Waals surface area (Å²) in [7, 11) is 0. The molecule has 0 radical (unpaired) electrons. The molecule has 0 aliphatic heterocycles. The van der Waals surface area contributed by atoms with Crippen molar-refractivity contribution in [2.75, 3.05) is 0 Å². The predicted octanol–water partition coefficient (Wildman–Crippen LogP) is 1.57. The van der Waals surface area contributed by atoms with Gasteiger partial charge in [0.05, 0.1) is 0 Å². The van der Waals surface area contributed by atoms with Crippen molar-refractivity contribution < 1.29 is 0 Å². The van der Waals surface area contributed by atoms with E-state index in [0.29, 0.717) is 0 Å². The fraction of sp³-hybridized carbons (Fsp3) is 0.600. The highest BCUT2D eigenvalue weighted by Crippen LogP contribution is 2.04. The van der Waals surface area contributed by atoms with Crippen LogP contribution in [0.25, 0.3) is 0 Å². The van der Waals surface area contributed by atoms with E-state index >= 15 is 0 Å². The van der Waals surface area contributed by atoms with Gasteiger partial charge in [-0.3, -0.25) is 0 Å². The summed E-state index contributed by atoms with van der Waals surface area (Å²) in [5.41, 5.74) is 11.7. The largest absolute Gasteiger partial charge is 0.326 e. The SMILES string of the molecule is C=CCC[C@H](N)[C@@H](N)CCC=C. The second-order valence-corrected chi connectivity index (χ2v) is 3.06. The van der Waals surface area contributed by atoms with Crippen LogP contribution in [0.2, 0.25) is 0 Å². The van der Waals surface area contributed by atoms with Gasteiger partial charge in [-0.05, 0) is 25.7 Å². The Kier molecular flexibility index (Phi) is 6.72. The standard InChI is InChI=1S/C10H20N2/c1-3-5-7-9(11)10(12)8-6-4-2/h3-4,9-10H,1-2,5-8,11-12H2/t9-,10-/m0/s1. The minimum atomic E-state index is 0.1000. The van der Waals surface area contributed by atoms with Crippen LogP contribution in [0.15, 0.2) is 25.3 Å². The fourth-order valence-corrected chi connectivity index (χ4v) is 1.05. The van der Waals surface area contributed by atoms with Crippen molar-refractivity contribution in [2.24, 2.45) is 11.5 Å². The van der Waals surface area contributed by atoms with E-state index in [1.807, 2.05) is 12.2 Å². The van der Waals surface area contributed by atoms with E-state index in [0.717, 1.165) is 25.7 Å². The Labute approximate surface area is 75.3 Å². The van der Waals surface area contributed by atoms with Crippen molar-refractivity contribution >= 4 is 0 Å². The van der Waals surface area contributed by atoms with Gasteiger partial charge in [0.1, 0.15) is 0 Å². The topological polar surface area (TPSA) is 52.0 Å². The first kappa shape index (κ1) is 11.4. The first-order chi connectivity index (χ1) is 5.72. The zero-order chi connectivity index (χ0) is 9.40. The van der Waals surface area contributed by atoms with Gasteiger partial charge in [0.15, 0.2) is 0 Å². The third kappa shape index (κ3) is 5.10. The van der Waals surface area contributed by atoms with Gasteiger partial charge in [0.2, 0.25) is 0 Å². The zero-order valence-corrected chi connectivity index (χ0v) is 7.71. The number of allylic oxidation sites excluding steroid dienone is 2. The highest BCUT2D eigenvalue weighted by atomic mass is 14.8. The maximum atomic E-state index is 5.84. The Morgan fingerprint density at radius 3 is 1.50 bits per heavy atom. The first-order valence-corrected chi connectivity index (χ1v) is 4.45. The molecule has 0 aromatic heterocycles. The smallest absolute Gasteiger partial charge is 0.0195 e. The normalized spacial score (nSPS) is 15.2.